The first kappa shape index (κ1) is 14.6. The quantitative estimate of drug-likeness (QED) is 0.853. The topological polar surface area (TPSA) is 58.1 Å². The van der Waals surface area contributed by atoms with Crippen molar-refractivity contribution in [3.63, 3.8) is 0 Å². The van der Waals surface area contributed by atoms with Gasteiger partial charge in [0.1, 0.15) is 0 Å². The summed E-state index contributed by atoms with van der Waals surface area (Å²) >= 11 is 10.0. The lowest BCUT2D eigenvalue weighted by Gasteiger charge is -2.18. The largest absolute Gasteiger partial charge is 0.323 e. The third kappa shape index (κ3) is 3.40. The zero-order chi connectivity index (χ0) is 14.5. The van der Waals surface area contributed by atoms with Crippen molar-refractivity contribution in [3.05, 3.63) is 41.7 Å². The van der Waals surface area contributed by atoms with Crippen molar-refractivity contribution in [2.75, 3.05) is 23.0 Å². The molecule has 0 bridgehead atoms. The molecule has 0 fully saturated rings. The molecular weight excluding hydrogens is 296 g/mol. The molecule has 0 atom stereocenters. The second kappa shape index (κ2) is 6.58. The van der Waals surface area contributed by atoms with Gasteiger partial charge in [0.25, 0.3) is 0 Å². The standard InChI is InChI=1S/C13H13ClN4OS/c1-18(11-5-3-2-4-10(11)14)13-15-6-9(7-16-13)17-12(19)8-20/h2-7,20H,8H2,1H3,(H,17,19). The van der Waals surface area contributed by atoms with Crippen molar-refractivity contribution in [3.8, 4) is 0 Å². The molecule has 0 unspecified atom stereocenters. The lowest BCUT2D eigenvalue weighted by Crippen LogP contribution is -2.16. The predicted octanol–water partition coefficient (Wildman–Crippen LogP) is 2.77. The van der Waals surface area contributed by atoms with E-state index in [2.05, 4.69) is 27.9 Å². The van der Waals surface area contributed by atoms with Crippen molar-refractivity contribution in [2.45, 2.75) is 0 Å². The fourth-order valence-electron chi connectivity index (χ4n) is 1.59. The second-order valence-corrected chi connectivity index (χ2v) is 4.71. The van der Waals surface area contributed by atoms with E-state index < -0.39 is 0 Å². The summed E-state index contributed by atoms with van der Waals surface area (Å²) in [7, 11) is 1.82. The van der Waals surface area contributed by atoms with E-state index in [1.165, 1.54) is 12.4 Å². The smallest absolute Gasteiger partial charge is 0.234 e. The number of amides is 1. The van der Waals surface area contributed by atoms with Gasteiger partial charge in [0, 0.05) is 7.05 Å². The van der Waals surface area contributed by atoms with Crippen LogP contribution in [-0.4, -0.2) is 28.7 Å². The van der Waals surface area contributed by atoms with E-state index in [0.29, 0.717) is 16.7 Å². The molecule has 1 heterocycles. The first-order valence-electron chi connectivity index (χ1n) is 5.83. The van der Waals surface area contributed by atoms with Gasteiger partial charge < -0.3 is 10.2 Å². The average molecular weight is 309 g/mol. The van der Waals surface area contributed by atoms with E-state index in [1.54, 1.807) is 11.0 Å². The number of aromatic nitrogens is 2. The molecule has 104 valence electrons. The number of rotatable bonds is 4. The van der Waals surface area contributed by atoms with E-state index in [4.69, 9.17) is 11.6 Å². The Labute approximate surface area is 127 Å². The number of hydrogen-bond acceptors (Lipinski definition) is 5. The molecule has 0 aliphatic heterocycles. The van der Waals surface area contributed by atoms with E-state index >= 15 is 0 Å². The zero-order valence-corrected chi connectivity index (χ0v) is 12.4. The Morgan fingerprint density at radius 2 is 2.00 bits per heavy atom. The Morgan fingerprint density at radius 3 is 2.60 bits per heavy atom. The fourth-order valence-corrected chi connectivity index (χ4v) is 1.93. The molecule has 0 saturated heterocycles. The molecule has 20 heavy (non-hydrogen) atoms. The second-order valence-electron chi connectivity index (χ2n) is 3.99. The monoisotopic (exact) mass is 308 g/mol. The van der Waals surface area contributed by atoms with Crippen LogP contribution in [0.3, 0.4) is 0 Å². The van der Waals surface area contributed by atoms with Gasteiger partial charge in [-0.1, -0.05) is 23.7 Å². The maximum Gasteiger partial charge on any atom is 0.234 e. The van der Waals surface area contributed by atoms with Gasteiger partial charge in [-0.15, -0.1) is 0 Å². The van der Waals surface area contributed by atoms with Crippen LogP contribution in [0.1, 0.15) is 0 Å². The van der Waals surface area contributed by atoms with Gasteiger partial charge in [-0.25, -0.2) is 9.97 Å². The summed E-state index contributed by atoms with van der Waals surface area (Å²) < 4.78 is 0. The van der Waals surface area contributed by atoms with Crippen molar-refractivity contribution >= 4 is 47.5 Å². The lowest BCUT2D eigenvalue weighted by atomic mass is 10.3. The maximum absolute atomic E-state index is 11.2. The van der Waals surface area contributed by atoms with Crippen LogP contribution in [0.5, 0.6) is 0 Å². The van der Waals surface area contributed by atoms with Crippen molar-refractivity contribution in [1.29, 1.82) is 0 Å². The summed E-state index contributed by atoms with van der Waals surface area (Å²) in [6, 6.07) is 7.42. The van der Waals surface area contributed by atoms with Gasteiger partial charge in [-0.2, -0.15) is 12.6 Å². The van der Waals surface area contributed by atoms with E-state index in [1.807, 2.05) is 25.2 Å². The number of hydrogen-bond donors (Lipinski definition) is 2. The molecule has 1 N–H and O–H groups in total. The minimum atomic E-state index is -0.204. The Kier molecular flexibility index (Phi) is 4.81. The van der Waals surface area contributed by atoms with Crippen LogP contribution in [0.2, 0.25) is 5.02 Å². The van der Waals surface area contributed by atoms with Crippen molar-refractivity contribution in [1.82, 2.24) is 9.97 Å². The lowest BCUT2D eigenvalue weighted by molar-refractivity contribution is -0.113. The maximum atomic E-state index is 11.2. The highest BCUT2D eigenvalue weighted by Gasteiger charge is 2.10. The van der Waals surface area contributed by atoms with Crippen LogP contribution in [-0.2, 0) is 4.79 Å². The minimum Gasteiger partial charge on any atom is -0.323 e. The molecule has 1 aromatic carbocycles. The number of carbonyl (C=O) groups excluding carboxylic acids is 1. The minimum absolute atomic E-state index is 0.112. The van der Waals surface area contributed by atoms with Crippen molar-refractivity contribution < 1.29 is 4.79 Å². The summed E-state index contributed by atoms with van der Waals surface area (Å²) in [4.78, 5) is 21.4. The van der Waals surface area contributed by atoms with Crippen LogP contribution < -0.4 is 10.2 Å². The van der Waals surface area contributed by atoms with E-state index in [0.717, 1.165) is 5.69 Å². The molecule has 5 nitrogen and oxygen atoms in total. The molecule has 7 heteroatoms. The fraction of sp³-hybridized carbons (Fsp3) is 0.154. The number of thiol groups is 1. The number of para-hydroxylation sites is 1. The Hall–Kier alpha value is -1.79. The number of anilines is 3. The van der Waals surface area contributed by atoms with Crippen LogP contribution in [0.25, 0.3) is 0 Å². The number of benzene rings is 1. The van der Waals surface area contributed by atoms with E-state index in [-0.39, 0.29) is 11.7 Å². The Morgan fingerprint density at radius 1 is 1.35 bits per heavy atom. The normalized spacial score (nSPS) is 10.2. The van der Waals surface area contributed by atoms with Gasteiger partial charge >= 0.3 is 0 Å². The number of nitrogens with zero attached hydrogens (tertiary/aromatic N) is 3. The Balaban J connectivity index is 2.18. The molecule has 0 spiro atoms. The van der Waals surface area contributed by atoms with Gasteiger partial charge in [0.15, 0.2) is 0 Å². The SMILES string of the molecule is CN(c1ncc(NC(=O)CS)cn1)c1ccccc1Cl. The average Bonchev–Trinajstić information content (AvgIpc) is 2.47. The highest BCUT2D eigenvalue weighted by Crippen LogP contribution is 2.28. The summed E-state index contributed by atoms with van der Waals surface area (Å²) in [5.74, 6) is 0.396. The molecule has 2 rings (SSSR count). The molecular formula is C13H13ClN4OS. The first-order valence-corrected chi connectivity index (χ1v) is 6.84. The zero-order valence-electron chi connectivity index (χ0n) is 10.7. The third-order valence-corrected chi connectivity index (χ3v) is 3.19. The molecule has 1 amide bonds. The van der Waals surface area contributed by atoms with Gasteiger partial charge in [0.05, 0.1) is 34.5 Å². The van der Waals surface area contributed by atoms with Crippen LogP contribution in [0, 0.1) is 0 Å². The molecule has 0 radical (unpaired) electrons. The summed E-state index contributed by atoms with van der Waals surface area (Å²) in [5, 5.41) is 3.24. The first-order chi connectivity index (χ1) is 9.61. The van der Waals surface area contributed by atoms with Gasteiger partial charge in [-0.05, 0) is 12.1 Å². The molecule has 0 aliphatic rings. The van der Waals surface area contributed by atoms with Crippen molar-refractivity contribution in [2.24, 2.45) is 0 Å². The highest BCUT2D eigenvalue weighted by atomic mass is 35.5. The van der Waals surface area contributed by atoms with Gasteiger partial charge in [0.2, 0.25) is 11.9 Å². The summed E-state index contributed by atoms with van der Waals surface area (Å²) in [5.41, 5.74) is 1.33. The van der Waals surface area contributed by atoms with Gasteiger partial charge in [-0.3, -0.25) is 4.79 Å². The summed E-state index contributed by atoms with van der Waals surface area (Å²) in [6.07, 6.45) is 3.08. The predicted molar refractivity (Wildman–Crippen MR) is 84.0 cm³/mol. The summed E-state index contributed by atoms with van der Waals surface area (Å²) in [6.45, 7) is 0. The molecule has 2 aromatic rings. The van der Waals surface area contributed by atoms with Crippen LogP contribution in [0.15, 0.2) is 36.7 Å². The number of halogens is 1. The molecule has 0 aliphatic carbocycles. The van der Waals surface area contributed by atoms with Crippen LogP contribution >= 0.6 is 24.2 Å². The number of carbonyl (C=O) groups is 1. The number of nitrogens with one attached hydrogen (secondary N) is 1. The van der Waals surface area contributed by atoms with Crippen LogP contribution in [0.4, 0.5) is 17.3 Å². The Bertz CT molecular complexity index is 606. The molecule has 0 saturated carbocycles. The van der Waals surface area contributed by atoms with E-state index in [9.17, 15) is 4.79 Å². The third-order valence-electron chi connectivity index (χ3n) is 2.58. The molecule has 1 aromatic heterocycles. The highest BCUT2D eigenvalue weighted by molar-refractivity contribution is 7.81.